The van der Waals surface area contributed by atoms with E-state index < -0.39 is 0 Å². The molecular weight excluding hydrogens is 462 g/mol. The minimum absolute atomic E-state index is 0.162. The summed E-state index contributed by atoms with van der Waals surface area (Å²) in [6.45, 7) is 6.44. The summed E-state index contributed by atoms with van der Waals surface area (Å²) in [6.07, 6.45) is 0.538. The lowest BCUT2D eigenvalue weighted by Crippen LogP contribution is -2.28. The zero-order chi connectivity index (χ0) is 26.0. The monoisotopic (exact) mass is 491 g/mol. The third-order valence-corrected chi connectivity index (χ3v) is 6.79. The Morgan fingerprint density at radius 1 is 0.568 bits per heavy atom. The van der Waals surface area contributed by atoms with Crippen molar-refractivity contribution in [3.63, 3.8) is 0 Å². The maximum atomic E-state index is 11.9. The molecule has 186 valence electrons. The van der Waals surface area contributed by atoms with Gasteiger partial charge in [-0.25, -0.2) is 0 Å². The Labute approximate surface area is 217 Å². The van der Waals surface area contributed by atoms with Crippen molar-refractivity contribution in [2.45, 2.75) is 39.0 Å². The second-order valence-electron chi connectivity index (χ2n) is 9.81. The Hall–Kier alpha value is -4.38. The zero-order valence-corrected chi connectivity index (χ0v) is 21.2. The number of hydrogen-bond donors (Lipinski definition) is 0. The van der Waals surface area contributed by atoms with Crippen molar-refractivity contribution in [2.24, 2.45) is 0 Å². The number of ether oxygens (including phenoxy) is 2. The minimum Gasteiger partial charge on any atom is -0.457 e. The molecule has 4 aromatic carbocycles. The van der Waals surface area contributed by atoms with Gasteiger partial charge >= 0.3 is 0 Å². The van der Waals surface area contributed by atoms with Crippen molar-refractivity contribution in [1.29, 1.82) is 0 Å². The van der Waals surface area contributed by atoms with Gasteiger partial charge in [0, 0.05) is 18.3 Å². The van der Waals surface area contributed by atoms with Crippen molar-refractivity contribution >= 4 is 17.5 Å². The molecule has 0 spiro atoms. The number of aryl methyl sites for hydroxylation is 1. The summed E-state index contributed by atoms with van der Waals surface area (Å²) >= 11 is 0. The summed E-state index contributed by atoms with van der Waals surface area (Å²) in [7, 11) is 0. The number of rotatable bonds is 7. The Balaban J connectivity index is 1.24. The highest BCUT2D eigenvalue weighted by molar-refractivity contribution is 6.19. The van der Waals surface area contributed by atoms with E-state index in [4.69, 9.17) is 9.47 Å². The summed E-state index contributed by atoms with van der Waals surface area (Å²) in [5, 5.41) is 0. The fraction of sp³-hybridized carbons (Fsp3) is 0.188. The van der Waals surface area contributed by atoms with Crippen LogP contribution in [0.5, 0.6) is 23.0 Å². The van der Waals surface area contributed by atoms with Gasteiger partial charge in [-0.2, -0.15) is 0 Å². The summed E-state index contributed by atoms with van der Waals surface area (Å²) in [6, 6.07) is 31.3. The van der Waals surface area contributed by atoms with Gasteiger partial charge in [0.1, 0.15) is 23.0 Å². The largest absolute Gasteiger partial charge is 0.457 e. The van der Waals surface area contributed by atoms with Crippen molar-refractivity contribution in [3.05, 3.63) is 114 Å². The second kappa shape index (κ2) is 9.94. The Morgan fingerprint density at radius 3 is 1.32 bits per heavy atom. The van der Waals surface area contributed by atoms with Crippen LogP contribution in [0.1, 0.15) is 43.4 Å². The Morgan fingerprint density at radius 2 is 0.919 bits per heavy atom. The van der Waals surface area contributed by atoms with Crippen molar-refractivity contribution < 1.29 is 19.1 Å². The number of carbonyl (C=O) groups is 2. The van der Waals surface area contributed by atoms with Gasteiger partial charge in [0.15, 0.2) is 0 Å². The molecule has 5 nitrogen and oxygen atoms in total. The zero-order valence-electron chi connectivity index (χ0n) is 21.2. The average molecular weight is 492 g/mol. The van der Waals surface area contributed by atoms with E-state index in [0.717, 1.165) is 17.1 Å². The fourth-order valence-electron chi connectivity index (χ4n) is 4.45. The van der Waals surface area contributed by atoms with Crippen LogP contribution in [0.4, 0.5) is 5.69 Å². The molecule has 4 aromatic rings. The SMILES string of the molecule is Cc1ccc(Oc2ccc(C(C)(C)c3ccc(Oc4ccc(N5C(=O)CCC5=O)cc4)cc3)cc2)cc1. The van der Waals surface area contributed by atoms with Crippen LogP contribution in [0.2, 0.25) is 0 Å². The van der Waals surface area contributed by atoms with Gasteiger partial charge in [0.2, 0.25) is 11.8 Å². The van der Waals surface area contributed by atoms with Crippen LogP contribution in [0.3, 0.4) is 0 Å². The van der Waals surface area contributed by atoms with E-state index >= 15 is 0 Å². The maximum absolute atomic E-state index is 11.9. The Bertz CT molecular complexity index is 1390. The molecule has 0 aliphatic carbocycles. The lowest BCUT2D eigenvalue weighted by atomic mass is 9.78. The number of nitrogens with zero attached hydrogens (tertiary/aromatic N) is 1. The third-order valence-electron chi connectivity index (χ3n) is 6.79. The van der Waals surface area contributed by atoms with Crippen LogP contribution in [0.15, 0.2) is 97.1 Å². The first kappa shape index (κ1) is 24.3. The van der Waals surface area contributed by atoms with E-state index in [1.807, 2.05) is 48.5 Å². The van der Waals surface area contributed by atoms with Crippen molar-refractivity contribution in [3.8, 4) is 23.0 Å². The lowest BCUT2D eigenvalue weighted by Gasteiger charge is -2.26. The minimum atomic E-state index is -0.211. The van der Waals surface area contributed by atoms with Gasteiger partial charge in [0.05, 0.1) is 5.69 Å². The van der Waals surface area contributed by atoms with E-state index in [-0.39, 0.29) is 30.1 Å². The van der Waals surface area contributed by atoms with Gasteiger partial charge in [-0.05, 0) is 78.7 Å². The van der Waals surface area contributed by atoms with E-state index in [1.165, 1.54) is 16.0 Å². The van der Waals surface area contributed by atoms with Crippen molar-refractivity contribution in [1.82, 2.24) is 0 Å². The van der Waals surface area contributed by atoms with Crippen LogP contribution in [-0.4, -0.2) is 11.8 Å². The van der Waals surface area contributed by atoms with Gasteiger partial charge in [-0.15, -0.1) is 0 Å². The lowest BCUT2D eigenvalue weighted by molar-refractivity contribution is -0.121. The van der Waals surface area contributed by atoms with Crippen LogP contribution in [0.25, 0.3) is 0 Å². The van der Waals surface area contributed by atoms with Gasteiger partial charge in [-0.3, -0.25) is 14.5 Å². The van der Waals surface area contributed by atoms with E-state index in [1.54, 1.807) is 24.3 Å². The molecule has 0 bridgehead atoms. The van der Waals surface area contributed by atoms with E-state index in [2.05, 4.69) is 45.0 Å². The molecule has 1 aliphatic heterocycles. The smallest absolute Gasteiger partial charge is 0.234 e. The molecule has 5 heteroatoms. The summed E-state index contributed by atoms with van der Waals surface area (Å²) < 4.78 is 12.0. The van der Waals surface area contributed by atoms with E-state index in [0.29, 0.717) is 17.2 Å². The number of hydrogen-bond acceptors (Lipinski definition) is 4. The van der Waals surface area contributed by atoms with Crippen molar-refractivity contribution in [2.75, 3.05) is 4.90 Å². The quantitative estimate of drug-likeness (QED) is 0.250. The molecule has 0 N–H and O–H groups in total. The molecule has 1 heterocycles. The summed E-state index contributed by atoms with van der Waals surface area (Å²) in [5.41, 5.74) is 3.91. The highest BCUT2D eigenvalue weighted by Gasteiger charge is 2.30. The molecule has 0 unspecified atom stereocenters. The molecule has 1 aliphatic rings. The molecule has 0 radical (unpaired) electrons. The molecule has 37 heavy (non-hydrogen) atoms. The number of carbonyl (C=O) groups excluding carboxylic acids is 2. The first-order valence-corrected chi connectivity index (χ1v) is 12.4. The maximum Gasteiger partial charge on any atom is 0.234 e. The molecule has 5 rings (SSSR count). The summed E-state index contributed by atoms with van der Waals surface area (Å²) in [4.78, 5) is 25.1. The van der Waals surface area contributed by atoms with Crippen LogP contribution in [-0.2, 0) is 15.0 Å². The summed E-state index contributed by atoms with van der Waals surface area (Å²) in [5.74, 6) is 2.65. The van der Waals surface area contributed by atoms with E-state index in [9.17, 15) is 9.59 Å². The first-order chi connectivity index (χ1) is 17.8. The second-order valence-corrected chi connectivity index (χ2v) is 9.81. The standard InChI is InChI=1S/C32H29NO4/c1-22-4-12-26(13-5-22)36-27-14-6-23(7-15-27)32(2,3)24-8-16-28(17-9-24)37-29-18-10-25(11-19-29)33-30(34)20-21-31(33)35/h4-19H,20-21H2,1-3H3. The number of benzene rings is 4. The van der Waals surface area contributed by atoms with Gasteiger partial charge in [0.25, 0.3) is 0 Å². The number of imide groups is 1. The van der Waals surface area contributed by atoms with Gasteiger partial charge in [-0.1, -0.05) is 55.8 Å². The molecule has 0 aromatic heterocycles. The first-order valence-electron chi connectivity index (χ1n) is 12.4. The third kappa shape index (κ3) is 5.26. The highest BCUT2D eigenvalue weighted by Crippen LogP contribution is 2.35. The Kier molecular flexibility index (Phi) is 6.53. The number of amides is 2. The predicted octanol–water partition coefficient (Wildman–Crippen LogP) is 7.56. The van der Waals surface area contributed by atoms with Crippen LogP contribution in [0, 0.1) is 6.92 Å². The molecule has 1 saturated heterocycles. The molecule has 0 atom stereocenters. The molecule has 0 saturated carbocycles. The van der Waals surface area contributed by atoms with Crippen LogP contribution < -0.4 is 14.4 Å². The average Bonchev–Trinajstić information content (AvgIpc) is 3.24. The molecule has 1 fully saturated rings. The predicted molar refractivity (Wildman–Crippen MR) is 145 cm³/mol. The fourth-order valence-corrected chi connectivity index (χ4v) is 4.45. The van der Waals surface area contributed by atoms with Gasteiger partial charge < -0.3 is 9.47 Å². The molecule has 2 amide bonds. The normalized spacial score (nSPS) is 13.6. The number of anilines is 1. The highest BCUT2D eigenvalue weighted by atomic mass is 16.5. The topological polar surface area (TPSA) is 55.8 Å². The van der Waals surface area contributed by atoms with Crippen LogP contribution >= 0.6 is 0 Å². The molecular formula is C32H29NO4.